The second kappa shape index (κ2) is 5.99. The van der Waals surface area contributed by atoms with Gasteiger partial charge in [0.2, 0.25) is 6.79 Å². The number of hydrogen-bond acceptors (Lipinski definition) is 5. The van der Waals surface area contributed by atoms with Crippen LogP contribution in [-0.2, 0) is 11.3 Å². The second-order valence-electron chi connectivity index (χ2n) is 5.43. The van der Waals surface area contributed by atoms with Gasteiger partial charge in [0.25, 0.3) is 0 Å². The molecule has 0 aliphatic carbocycles. The van der Waals surface area contributed by atoms with E-state index in [4.69, 9.17) is 19.9 Å². The van der Waals surface area contributed by atoms with Crippen LogP contribution in [0.2, 0.25) is 0 Å². The van der Waals surface area contributed by atoms with E-state index in [1.54, 1.807) is 7.11 Å². The van der Waals surface area contributed by atoms with Gasteiger partial charge in [-0.05, 0) is 30.5 Å². The highest BCUT2D eigenvalue weighted by molar-refractivity contribution is 5.44. The van der Waals surface area contributed by atoms with Crippen LogP contribution >= 0.6 is 0 Å². The average molecular weight is 278 g/mol. The number of nitrogens with two attached hydrogens (primary N) is 1. The van der Waals surface area contributed by atoms with E-state index in [0.717, 1.165) is 37.4 Å². The number of fused-ring (bicyclic) bond motifs is 1. The van der Waals surface area contributed by atoms with Gasteiger partial charge in [0.1, 0.15) is 0 Å². The van der Waals surface area contributed by atoms with E-state index in [0.29, 0.717) is 25.5 Å². The van der Waals surface area contributed by atoms with Crippen molar-refractivity contribution in [1.29, 1.82) is 0 Å². The number of nitrogens with zero attached hydrogens (tertiary/aromatic N) is 1. The standard InChI is InChI=1S/C15H22N2O3/c1-18-13-4-5-17(12(7-13)8-16)9-11-2-3-14-15(6-11)20-10-19-14/h2-3,6,12-13H,4-5,7-10,16H2,1H3. The summed E-state index contributed by atoms with van der Waals surface area (Å²) in [7, 11) is 1.78. The third-order valence-corrected chi connectivity index (χ3v) is 4.22. The summed E-state index contributed by atoms with van der Waals surface area (Å²) in [5.41, 5.74) is 7.15. The molecule has 0 saturated carbocycles. The van der Waals surface area contributed by atoms with Crippen LogP contribution in [0.25, 0.3) is 0 Å². The first-order valence-electron chi connectivity index (χ1n) is 7.15. The van der Waals surface area contributed by atoms with Crippen molar-refractivity contribution in [2.45, 2.75) is 31.5 Å². The number of likely N-dealkylation sites (tertiary alicyclic amines) is 1. The molecule has 3 rings (SSSR count). The van der Waals surface area contributed by atoms with E-state index in [9.17, 15) is 0 Å². The molecule has 0 amide bonds. The minimum Gasteiger partial charge on any atom is -0.454 e. The lowest BCUT2D eigenvalue weighted by Gasteiger charge is -2.38. The molecule has 5 heteroatoms. The number of rotatable bonds is 4. The normalized spacial score (nSPS) is 25.9. The molecule has 2 atom stereocenters. The maximum absolute atomic E-state index is 5.91. The third-order valence-electron chi connectivity index (χ3n) is 4.22. The van der Waals surface area contributed by atoms with Crippen molar-refractivity contribution in [2.75, 3.05) is 27.0 Å². The largest absolute Gasteiger partial charge is 0.454 e. The van der Waals surface area contributed by atoms with Crippen molar-refractivity contribution in [3.63, 3.8) is 0 Å². The summed E-state index contributed by atoms with van der Waals surface area (Å²) in [5.74, 6) is 1.68. The predicted molar refractivity (Wildman–Crippen MR) is 75.8 cm³/mol. The maximum Gasteiger partial charge on any atom is 0.231 e. The first-order chi connectivity index (χ1) is 9.80. The second-order valence-corrected chi connectivity index (χ2v) is 5.43. The zero-order valence-corrected chi connectivity index (χ0v) is 11.9. The molecule has 0 spiro atoms. The summed E-state index contributed by atoms with van der Waals surface area (Å²) < 4.78 is 16.2. The number of hydrogen-bond donors (Lipinski definition) is 1. The molecule has 2 heterocycles. The first-order valence-corrected chi connectivity index (χ1v) is 7.15. The smallest absolute Gasteiger partial charge is 0.231 e. The molecule has 20 heavy (non-hydrogen) atoms. The highest BCUT2D eigenvalue weighted by Gasteiger charge is 2.27. The quantitative estimate of drug-likeness (QED) is 0.901. The van der Waals surface area contributed by atoms with Crippen molar-refractivity contribution in [1.82, 2.24) is 4.90 Å². The lowest BCUT2D eigenvalue weighted by molar-refractivity contribution is 0.0102. The lowest BCUT2D eigenvalue weighted by Crippen LogP contribution is -2.47. The van der Waals surface area contributed by atoms with Gasteiger partial charge in [0, 0.05) is 32.8 Å². The molecule has 110 valence electrons. The van der Waals surface area contributed by atoms with Crippen LogP contribution in [0.1, 0.15) is 18.4 Å². The Balaban J connectivity index is 1.67. The van der Waals surface area contributed by atoms with E-state index in [1.807, 2.05) is 6.07 Å². The van der Waals surface area contributed by atoms with Gasteiger partial charge >= 0.3 is 0 Å². The molecule has 1 aromatic rings. The molecule has 0 radical (unpaired) electrons. The van der Waals surface area contributed by atoms with Gasteiger partial charge in [-0.15, -0.1) is 0 Å². The molecule has 2 aliphatic rings. The van der Waals surface area contributed by atoms with Gasteiger partial charge in [-0.25, -0.2) is 0 Å². The zero-order chi connectivity index (χ0) is 13.9. The number of piperidine rings is 1. The molecule has 5 nitrogen and oxygen atoms in total. The minimum atomic E-state index is 0.323. The topological polar surface area (TPSA) is 57.0 Å². The fourth-order valence-electron chi connectivity index (χ4n) is 3.00. The van der Waals surface area contributed by atoms with Gasteiger partial charge in [-0.2, -0.15) is 0 Å². The summed E-state index contributed by atoms with van der Waals surface area (Å²) in [4.78, 5) is 2.44. The average Bonchev–Trinajstić information content (AvgIpc) is 2.95. The van der Waals surface area contributed by atoms with E-state index < -0.39 is 0 Å². The van der Waals surface area contributed by atoms with Crippen LogP contribution in [0.5, 0.6) is 11.5 Å². The van der Waals surface area contributed by atoms with Crippen molar-refractivity contribution in [3.8, 4) is 11.5 Å². The van der Waals surface area contributed by atoms with Crippen LogP contribution in [-0.4, -0.2) is 44.0 Å². The van der Waals surface area contributed by atoms with Gasteiger partial charge < -0.3 is 19.9 Å². The van der Waals surface area contributed by atoms with Crippen molar-refractivity contribution in [2.24, 2.45) is 5.73 Å². The Kier molecular flexibility index (Phi) is 4.10. The van der Waals surface area contributed by atoms with Crippen LogP contribution < -0.4 is 15.2 Å². The van der Waals surface area contributed by atoms with Gasteiger partial charge in [-0.3, -0.25) is 4.90 Å². The maximum atomic E-state index is 5.91. The number of ether oxygens (including phenoxy) is 3. The number of methoxy groups -OCH3 is 1. The molecule has 1 aromatic carbocycles. The van der Waals surface area contributed by atoms with E-state index in [-0.39, 0.29) is 0 Å². The molecule has 1 saturated heterocycles. The van der Waals surface area contributed by atoms with Crippen LogP contribution in [0, 0.1) is 0 Å². The Morgan fingerprint density at radius 2 is 2.20 bits per heavy atom. The van der Waals surface area contributed by atoms with E-state index in [1.165, 1.54) is 5.56 Å². The third kappa shape index (κ3) is 2.75. The Labute approximate surface area is 119 Å². The van der Waals surface area contributed by atoms with Crippen molar-refractivity contribution < 1.29 is 14.2 Å². The highest BCUT2D eigenvalue weighted by atomic mass is 16.7. The summed E-state index contributed by atoms with van der Waals surface area (Å²) in [6.45, 7) is 2.91. The number of benzene rings is 1. The fraction of sp³-hybridized carbons (Fsp3) is 0.600. The molecule has 2 unspecified atom stereocenters. The summed E-state index contributed by atoms with van der Waals surface area (Å²) in [5, 5.41) is 0. The molecule has 2 N–H and O–H groups in total. The van der Waals surface area contributed by atoms with Gasteiger partial charge in [-0.1, -0.05) is 6.07 Å². The Morgan fingerprint density at radius 3 is 3.00 bits per heavy atom. The van der Waals surface area contributed by atoms with Crippen LogP contribution in [0.3, 0.4) is 0 Å². The Hall–Kier alpha value is -1.30. The Bertz CT molecular complexity index is 466. The fourth-order valence-corrected chi connectivity index (χ4v) is 3.00. The Morgan fingerprint density at radius 1 is 1.35 bits per heavy atom. The highest BCUT2D eigenvalue weighted by Crippen LogP contribution is 2.33. The van der Waals surface area contributed by atoms with E-state index in [2.05, 4.69) is 17.0 Å². The van der Waals surface area contributed by atoms with Crippen molar-refractivity contribution >= 4 is 0 Å². The van der Waals surface area contributed by atoms with E-state index >= 15 is 0 Å². The molecular weight excluding hydrogens is 256 g/mol. The van der Waals surface area contributed by atoms with Gasteiger partial charge in [0.15, 0.2) is 11.5 Å². The predicted octanol–water partition coefficient (Wildman–Crippen LogP) is 1.35. The molecular formula is C15H22N2O3. The molecule has 1 fully saturated rings. The van der Waals surface area contributed by atoms with Crippen molar-refractivity contribution in [3.05, 3.63) is 23.8 Å². The van der Waals surface area contributed by atoms with Gasteiger partial charge in [0.05, 0.1) is 6.10 Å². The van der Waals surface area contributed by atoms with Crippen LogP contribution in [0.15, 0.2) is 18.2 Å². The zero-order valence-electron chi connectivity index (χ0n) is 11.9. The molecule has 2 aliphatic heterocycles. The summed E-state index contributed by atoms with van der Waals surface area (Å²) in [6.07, 6.45) is 2.42. The lowest BCUT2D eigenvalue weighted by atomic mass is 9.98. The summed E-state index contributed by atoms with van der Waals surface area (Å²) in [6, 6.07) is 6.54. The molecule has 0 bridgehead atoms. The minimum absolute atomic E-state index is 0.323. The first kappa shape index (κ1) is 13.7. The van der Waals surface area contributed by atoms with Crippen LogP contribution in [0.4, 0.5) is 0 Å². The SMILES string of the molecule is COC1CCN(Cc2ccc3c(c2)OCO3)C(CN)C1. The monoisotopic (exact) mass is 278 g/mol. The summed E-state index contributed by atoms with van der Waals surface area (Å²) >= 11 is 0. The molecule has 0 aromatic heterocycles.